The molecule has 1 aromatic rings. The molecule has 1 aliphatic carbocycles. The first-order valence-corrected chi connectivity index (χ1v) is 7.49. The van der Waals surface area contributed by atoms with Crippen LogP contribution in [0.2, 0.25) is 0 Å². The molecule has 0 aliphatic heterocycles. The van der Waals surface area contributed by atoms with E-state index in [9.17, 15) is 10.1 Å². The van der Waals surface area contributed by atoms with Crippen LogP contribution in [0.25, 0.3) is 0 Å². The van der Waals surface area contributed by atoms with Crippen LogP contribution >= 0.6 is 11.3 Å². The summed E-state index contributed by atoms with van der Waals surface area (Å²) in [5.41, 5.74) is 7.48. The first kappa shape index (κ1) is 14.0. The number of anilines is 1. The van der Waals surface area contributed by atoms with Gasteiger partial charge in [-0.05, 0) is 37.2 Å². The number of nitriles is 1. The number of hydrogen-bond donors (Lipinski definition) is 2. The Morgan fingerprint density at radius 3 is 3.05 bits per heavy atom. The highest BCUT2D eigenvalue weighted by Crippen LogP contribution is 2.39. The number of amides is 1. The summed E-state index contributed by atoms with van der Waals surface area (Å²) in [6.45, 7) is 4.09. The standard InChI is InChI=1S/C14H19N3OS/c1-3-11(16)13(18)17-14-10(7-15)9-5-4-8(2)6-12(9)19-14/h8,11H,3-6,16H2,1-2H3,(H,17,18). The van der Waals surface area contributed by atoms with Gasteiger partial charge in [0.25, 0.3) is 0 Å². The number of fused-ring (bicyclic) bond motifs is 1. The molecule has 1 heterocycles. The number of hydrogen-bond acceptors (Lipinski definition) is 4. The van der Waals surface area contributed by atoms with Crippen molar-refractivity contribution in [1.29, 1.82) is 5.26 Å². The van der Waals surface area contributed by atoms with Crippen molar-refractivity contribution in [2.75, 3.05) is 5.32 Å². The van der Waals surface area contributed by atoms with Crippen molar-refractivity contribution in [2.45, 2.75) is 45.6 Å². The van der Waals surface area contributed by atoms with Crippen LogP contribution in [0.15, 0.2) is 0 Å². The molecule has 0 fully saturated rings. The zero-order valence-electron chi connectivity index (χ0n) is 11.3. The van der Waals surface area contributed by atoms with E-state index in [0.29, 0.717) is 22.9 Å². The molecule has 1 amide bonds. The molecule has 0 radical (unpaired) electrons. The van der Waals surface area contributed by atoms with E-state index < -0.39 is 6.04 Å². The van der Waals surface area contributed by atoms with Crippen molar-refractivity contribution >= 4 is 22.2 Å². The molecule has 2 atom stereocenters. The Hall–Kier alpha value is -1.38. The van der Waals surface area contributed by atoms with Crippen molar-refractivity contribution in [3.05, 3.63) is 16.0 Å². The van der Waals surface area contributed by atoms with Gasteiger partial charge in [0.1, 0.15) is 11.1 Å². The van der Waals surface area contributed by atoms with Gasteiger partial charge in [-0.2, -0.15) is 5.26 Å². The highest BCUT2D eigenvalue weighted by molar-refractivity contribution is 7.16. The van der Waals surface area contributed by atoms with Crippen LogP contribution in [0.1, 0.15) is 42.7 Å². The van der Waals surface area contributed by atoms with E-state index in [-0.39, 0.29) is 5.91 Å². The van der Waals surface area contributed by atoms with Crippen LogP contribution in [0, 0.1) is 17.2 Å². The highest BCUT2D eigenvalue weighted by atomic mass is 32.1. The first-order valence-electron chi connectivity index (χ1n) is 6.67. The second kappa shape index (κ2) is 5.72. The Balaban J connectivity index is 2.27. The number of carbonyl (C=O) groups excluding carboxylic acids is 1. The molecular formula is C14H19N3OS. The molecule has 1 aromatic heterocycles. The third-order valence-electron chi connectivity index (χ3n) is 3.64. The minimum Gasteiger partial charge on any atom is -0.320 e. The monoisotopic (exact) mass is 277 g/mol. The number of nitrogens with two attached hydrogens (primary N) is 1. The third kappa shape index (κ3) is 2.80. The summed E-state index contributed by atoms with van der Waals surface area (Å²) >= 11 is 1.54. The summed E-state index contributed by atoms with van der Waals surface area (Å²) in [5.74, 6) is 0.449. The van der Waals surface area contributed by atoms with E-state index in [4.69, 9.17) is 5.73 Å². The Morgan fingerprint density at radius 2 is 2.42 bits per heavy atom. The Kier molecular flexibility index (Phi) is 4.23. The molecule has 102 valence electrons. The average molecular weight is 277 g/mol. The van der Waals surface area contributed by atoms with Gasteiger partial charge in [0.15, 0.2) is 0 Å². The highest BCUT2D eigenvalue weighted by Gasteiger charge is 2.25. The van der Waals surface area contributed by atoms with Gasteiger partial charge in [-0.1, -0.05) is 13.8 Å². The lowest BCUT2D eigenvalue weighted by Gasteiger charge is -2.17. The predicted octanol–water partition coefficient (Wildman–Crippen LogP) is 2.42. The van der Waals surface area contributed by atoms with E-state index in [1.165, 1.54) is 16.2 Å². The van der Waals surface area contributed by atoms with Crippen LogP contribution < -0.4 is 11.1 Å². The minimum atomic E-state index is -0.510. The molecule has 2 rings (SSSR count). The zero-order chi connectivity index (χ0) is 14.0. The number of rotatable bonds is 3. The molecule has 2 unspecified atom stereocenters. The average Bonchev–Trinajstić information content (AvgIpc) is 2.73. The fraction of sp³-hybridized carbons (Fsp3) is 0.571. The third-order valence-corrected chi connectivity index (χ3v) is 4.81. The normalized spacial score (nSPS) is 19.4. The molecule has 19 heavy (non-hydrogen) atoms. The second-order valence-electron chi connectivity index (χ2n) is 5.17. The molecule has 5 heteroatoms. The lowest BCUT2D eigenvalue weighted by Crippen LogP contribution is -2.34. The molecule has 0 spiro atoms. The maximum absolute atomic E-state index is 11.8. The van der Waals surface area contributed by atoms with Crippen molar-refractivity contribution in [1.82, 2.24) is 0 Å². The van der Waals surface area contributed by atoms with Crippen LogP contribution in [0.5, 0.6) is 0 Å². The molecule has 0 saturated heterocycles. The van der Waals surface area contributed by atoms with Crippen molar-refractivity contribution in [2.24, 2.45) is 11.7 Å². The van der Waals surface area contributed by atoms with Gasteiger partial charge >= 0.3 is 0 Å². The lowest BCUT2D eigenvalue weighted by molar-refractivity contribution is -0.117. The largest absolute Gasteiger partial charge is 0.320 e. The minimum absolute atomic E-state index is 0.203. The second-order valence-corrected chi connectivity index (χ2v) is 6.28. The lowest BCUT2D eigenvalue weighted by atomic mass is 9.88. The van der Waals surface area contributed by atoms with E-state index in [0.717, 1.165) is 24.8 Å². The maximum atomic E-state index is 11.8. The molecule has 3 N–H and O–H groups in total. The van der Waals surface area contributed by atoms with Crippen molar-refractivity contribution in [3.8, 4) is 6.07 Å². The van der Waals surface area contributed by atoms with Gasteiger partial charge < -0.3 is 11.1 Å². The zero-order valence-corrected chi connectivity index (χ0v) is 12.1. The van der Waals surface area contributed by atoms with Gasteiger partial charge in [0.05, 0.1) is 11.6 Å². The van der Waals surface area contributed by atoms with E-state index in [2.05, 4.69) is 18.3 Å². The van der Waals surface area contributed by atoms with Gasteiger partial charge in [0.2, 0.25) is 5.91 Å². The van der Waals surface area contributed by atoms with Crippen LogP contribution in [0.4, 0.5) is 5.00 Å². The van der Waals surface area contributed by atoms with Crippen LogP contribution in [0.3, 0.4) is 0 Å². The van der Waals surface area contributed by atoms with Gasteiger partial charge in [0, 0.05) is 4.88 Å². The summed E-state index contributed by atoms with van der Waals surface area (Å²) in [6.07, 6.45) is 3.64. The number of nitrogens with one attached hydrogen (secondary N) is 1. The van der Waals surface area contributed by atoms with E-state index >= 15 is 0 Å². The maximum Gasteiger partial charge on any atom is 0.241 e. The van der Waals surface area contributed by atoms with Gasteiger partial charge in [-0.15, -0.1) is 11.3 Å². The summed E-state index contributed by atoms with van der Waals surface area (Å²) in [5, 5.41) is 12.8. The first-order chi connectivity index (χ1) is 9.06. The quantitative estimate of drug-likeness (QED) is 0.890. The molecule has 1 aliphatic rings. The predicted molar refractivity (Wildman–Crippen MR) is 77.1 cm³/mol. The van der Waals surface area contributed by atoms with Gasteiger partial charge in [-0.3, -0.25) is 4.79 Å². The van der Waals surface area contributed by atoms with E-state index in [1.54, 1.807) is 0 Å². The van der Waals surface area contributed by atoms with Gasteiger partial charge in [-0.25, -0.2) is 0 Å². The Bertz CT molecular complexity index is 530. The fourth-order valence-corrected chi connectivity index (χ4v) is 3.71. The molecule has 4 nitrogen and oxygen atoms in total. The molecular weight excluding hydrogens is 258 g/mol. The summed E-state index contributed by atoms with van der Waals surface area (Å²) in [7, 11) is 0. The molecule has 0 bridgehead atoms. The Labute approximate surface area is 117 Å². The summed E-state index contributed by atoms with van der Waals surface area (Å²) in [6, 6.07) is 1.73. The number of nitrogens with zero attached hydrogens (tertiary/aromatic N) is 1. The van der Waals surface area contributed by atoms with Crippen molar-refractivity contribution in [3.63, 3.8) is 0 Å². The van der Waals surface area contributed by atoms with E-state index in [1.807, 2.05) is 6.92 Å². The number of carbonyl (C=O) groups is 1. The number of thiophene rings is 1. The summed E-state index contributed by atoms with van der Waals surface area (Å²) < 4.78 is 0. The molecule has 0 aromatic carbocycles. The smallest absolute Gasteiger partial charge is 0.241 e. The molecule has 0 saturated carbocycles. The fourth-order valence-electron chi connectivity index (χ4n) is 2.35. The van der Waals surface area contributed by atoms with Crippen LogP contribution in [-0.4, -0.2) is 11.9 Å². The topological polar surface area (TPSA) is 78.9 Å². The SMILES string of the molecule is CCC(N)C(=O)Nc1sc2c(c1C#N)CCC(C)C2. The Morgan fingerprint density at radius 1 is 1.68 bits per heavy atom. The van der Waals surface area contributed by atoms with Crippen molar-refractivity contribution < 1.29 is 4.79 Å². The summed E-state index contributed by atoms with van der Waals surface area (Å²) in [4.78, 5) is 13.1. The van der Waals surface area contributed by atoms with Crippen LogP contribution in [-0.2, 0) is 17.6 Å².